The molecular formula is C17H34N2O2. The molecule has 21 heavy (non-hydrogen) atoms. The average molecular weight is 298 g/mol. The van der Waals surface area contributed by atoms with E-state index in [1.54, 1.807) is 4.90 Å². The molecule has 0 bridgehead atoms. The first-order chi connectivity index (χ1) is 10.1. The number of unbranched alkanes of at least 4 members (excludes halogenated alkanes) is 3. The van der Waals surface area contributed by atoms with E-state index in [0.29, 0.717) is 12.6 Å². The monoisotopic (exact) mass is 298 g/mol. The van der Waals surface area contributed by atoms with Crippen LogP contribution in [0.15, 0.2) is 0 Å². The van der Waals surface area contributed by atoms with E-state index in [9.17, 15) is 9.90 Å². The van der Waals surface area contributed by atoms with Crippen LogP contribution in [0.1, 0.15) is 78.6 Å². The number of piperazine rings is 1. The van der Waals surface area contributed by atoms with Crippen molar-refractivity contribution in [2.75, 3.05) is 13.1 Å². The fraction of sp³-hybridized carbons (Fsp3) is 0.941. The largest absolute Gasteiger partial charge is 0.465 e. The van der Waals surface area contributed by atoms with Crippen molar-refractivity contribution in [2.45, 2.75) is 90.1 Å². The van der Waals surface area contributed by atoms with Crippen LogP contribution >= 0.6 is 0 Å². The van der Waals surface area contributed by atoms with Gasteiger partial charge in [-0.1, -0.05) is 59.3 Å². The van der Waals surface area contributed by atoms with Gasteiger partial charge in [-0.3, -0.25) is 4.90 Å². The Morgan fingerprint density at radius 3 is 2.19 bits per heavy atom. The summed E-state index contributed by atoms with van der Waals surface area (Å²) in [4.78, 5) is 13.6. The van der Waals surface area contributed by atoms with Gasteiger partial charge < -0.3 is 10.4 Å². The number of carbonyl (C=O) groups is 1. The summed E-state index contributed by atoms with van der Waals surface area (Å²) < 4.78 is 0. The molecule has 0 aromatic rings. The highest BCUT2D eigenvalue weighted by molar-refractivity contribution is 5.66. The molecule has 0 aromatic heterocycles. The lowest BCUT2D eigenvalue weighted by atomic mass is 9.75. The maximum Gasteiger partial charge on any atom is 0.407 e. The molecular weight excluding hydrogens is 264 g/mol. The number of amides is 1. The minimum Gasteiger partial charge on any atom is -0.465 e. The molecule has 1 amide bonds. The van der Waals surface area contributed by atoms with Gasteiger partial charge in [-0.15, -0.1) is 0 Å². The van der Waals surface area contributed by atoms with Crippen molar-refractivity contribution in [1.82, 2.24) is 10.2 Å². The van der Waals surface area contributed by atoms with Crippen molar-refractivity contribution in [3.8, 4) is 0 Å². The van der Waals surface area contributed by atoms with Gasteiger partial charge >= 0.3 is 6.09 Å². The summed E-state index contributed by atoms with van der Waals surface area (Å²) in [6.07, 6.45) is 9.17. The number of nitrogens with zero attached hydrogens (tertiary/aromatic N) is 1. The molecule has 1 aliphatic heterocycles. The highest BCUT2D eigenvalue weighted by Crippen LogP contribution is 2.36. The van der Waals surface area contributed by atoms with E-state index >= 15 is 0 Å². The van der Waals surface area contributed by atoms with Crippen molar-refractivity contribution in [3.63, 3.8) is 0 Å². The van der Waals surface area contributed by atoms with Gasteiger partial charge in [-0.2, -0.15) is 0 Å². The summed E-state index contributed by atoms with van der Waals surface area (Å²) in [5.41, 5.74) is -0.189. The Morgan fingerprint density at radius 2 is 1.71 bits per heavy atom. The summed E-state index contributed by atoms with van der Waals surface area (Å²) >= 11 is 0. The Hall–Kier alpha value is -0.770. The Balaban J connectivity index is 3.01. The quantitative estimate of drug-likeness (QED) is 0.669. The van der Waals surface area contributed by atoms with Crippen LogP contribution in [0.5, 0.6) is 0 Å². The highest BCUT2D eigenvalue weighted by Gasteiger charge is 2.46. The summed E-state index contributed by atoms with van der Waals surface area (Å²) in [7, 11) is 0. The third kappa shape index (κ3) is 4.60. The molecule has 1 atom stereocenters. The van der Waals surface area contributed by atoms with Crippen LogP contribution in [-0.4, -0.2) is 40.8 Å². The Kier molecular flexibility index (Phi) is 8.09. The third-order valence-corrected chi connectivity index (χ3v) is 4.92. The second kappa shape index (κ2) is 9.29. The Morgan fingerprint density at radius 1 is 1.14 bits per heavy atom. The van der Waals surface area contributed by atoms with Crippen molar-refractivity contribution >= 4 is 6.09 Å². The average Bonchev–Trinajstić information content (AvgIpc) is 2.49. The minimum atomic E-state index is -0.731. The molecule has 0 spiro atoms. The van der Waals surface area contributed by atoms with Crippen molar-refractivity contribution in [3.05, 3.63) is 0 Å². The Labute approximate surface area is 130 Å². The van der Waals surface area contributed by atoms with Crippen LogP contribution in [0.3, 0.4) is 0 Å². The Bertz CT molecular complexity index is 299. The van der Waals surface area contributed by atoms with Crippen LogP contribution in [0, 0.1) is 0 Å². The predicted octanol–water partition coefficient (Wildman–Crippen LogP) is 4.25. The van der Waals surface area contributed by atoms with Crippen LogP contribution in [0.2, 0.25) is 0 Å². The summed E-state index contributed by atoms with van der Waals surface area (Å²) in [5.74, 6) is 0. The van der Waals surface area contributed by atoms with Crippen LogP contribution in [0.25, 0.3) is 0 Å². The molecule has 2 N–H and O–H groups in total. The van der Waals surface area contributed by atoms with Gasteiger partial charge in [-0.25, -0.2) is 4.79 Å². The van der Waals surface area contributed by atoms with E-state index < -0.39 is 6.09 Å². The zero-order chi connectivity index (χ0) is 15.7. The minimum absolute atomic E-state index is 0.189. The highest BCUT2D eigenvalue weighted by atomic mass is 16.4. The second-order valence-corrected chi connectivity index (χ2v) is 6.39. The van der Waals surface area contributed by atoms with E-state index in [1.807, 2.05) is 0 Å². The molecule has 0 aliphatic carbocycles. The number of hydrogen-bond donors (Lipinski definition) is 2. The van der Waals surface area contributed by atoms with E-state index in [0.717, 1.165) is 51.5 Å². The molecule has 0 radical (unpaired) electrons. The lowest BCUT2D eigenvalue weighted by Crippen LogP contribution is -2.68. The zero-order valence-corrected chi connectivity index (χ0v) is 14.2. The number of carboxylic acid groups (broad SMARTS) is 1. The molecule has 1 rings (SSSR count). The molecule has 0 saturated carbocycles. The van der Waals surface area contributed by atoms with E-state index in [2.05, 4.69) is 26.1 Å². The van der Waals surface area contributed by atoms with Crippen LogP contribution in [-0.2, 0) is 0 Å². The number of nitrogens with one attached hydrogen (secondary N) is 1. The molecule has 0 aromatic carbocycles. The SMILES string of the molecule is CCCCC1NCCN(C(=O)O)C1(CCCC)CCCC. The lowest BCUT2D eigenvalue weighted by molar-refractivity contribution is 0.00806. The molecule has 1 aliphatic rings. The van der Waals surface area contributed by atoms with Gasteiger partial charge in [0.1, 0.15) is 0 Å². The van der Waals surface area contributed by atoms with Gasteiger partial charge in [0.15, 0.2) is 0 Å². The first-order valence-corrected chi connectivity index (χ1v) is 8.86. The van der Waals surface area contributed by atoms with Gasteiger partial charge in [0.2, 0.25) is 0 Å². The lowest BCUT2D eigenvalue weighted by Gasteiger charge is -2.52. The van der Waals surface area contributed by atoms with Crippen molar-refractivity contribution < 1.29 is 9.90 Å². The van der Waals surface area contributed by atoms with Gasteiger partial charge in [0.25, 0.3) is 0 Å². The third-order valence-electron chi connectivity index (χ3n) is 4.92. The fourth-order valence-electron chi connectivity index (χ4n) is 3.73. The summed E-state index contributed by atoms with van der Waals surface area (Å²) in [6.45, 7) is 8.01. The molecule has 1 saturated heterocycles. The fourth-order valence-corrected chi connectivity index (χ4v) is 3.73. The van der Waals surface area contributed by atoms with E-state index in [-0.39, 0.29) is 5.54 Å². The first-order valence-electron chi connectivity index (χ1n) is 8.86. The maximum atomic E-state index is 11.8. The molecule has 1 fully saturated rings. The maximum absolute atomic E-state index is 11.8. The van der Waals surface area contributed by atoms with Gasteiger partial charge in [0, 0.05) is 19.1 Å². The zero-order valence-electron chi connectivity index (χ0n) is 14.2. The van der Waals surface area contributed by atoms with Crippen LogP contribution in [0.4, 0.5) is 4.79 Å². The molecule has 1 heterocycles. The molecule has 4 heteroatoms. The molecule has 1 unspecified atom stereocenters. The smallest absolute Gasteiger partial charge is 0.407 e. The molecule has 124 valence electrons. The standard InChI is InChI=1S/C17H34N2O2/c1-4-7-10-15-17(11-8-5-2,12-9-6-3)19(16(20)21)14-13-18-15/h15,18H,4-14H2,1-3H3,(H,20,21). The van der Waals surface area contributed by atoms with Crippen molar-refractivity contribution in [1.29, 1.82) is 0 Å². The van der Waals surface area contributed by atoms with E-state index in [4.69, 9.17) is 0 Å². The second-order valence-electron chi connectivity index (χ2n) is 6.39. The van der Waals surface area contributed by atoms with Crippen molar-refractivity contribution in [2.24, 2.45) is 0 Å². The first kappa shape index (κ1) is 18.3. The number of rotatable bonds is 9. The summed E-state index contributed by atoms with van der Waals surface area (Å²) in [5, 5.41) is 13.4. The van der Waals surface area contributed by atoms with Gasteiger partial charge in [0.05, 0.1) is 5.54 Å². The predicted molar refractivity (Wildman–Crippen MR) is 87.8 cm³/mol. The van der Waals surface area contributed by atoms with E-state index in [1.165, 1.54) is 12.8 Å². The normalized spacial score (nSPS) is 21.5. The number of hydrogen-bond acceptors (Lipinski definition) is 2. The van der Waals surface area contributed by atoms with Crippen LogP contribution < -0.4 is 5.32 Å². The van der Waals surface area contributed by atoms with Gasteiger partial charge in [-0.05, 0) is 19.3 Å². The molecule has 4 nitrogen and oxygen atoms in total. The summed E-state index contributed by atoms with van der Waals surface area (Å²) in [6, 6.07) is 0.320. The topological polar surface area (TPSA) is 52.6 Å².